The Morgan fingerprint density at radius 1 is 0.686 bits per heavy atom. The molecule has 5 aromatic carbocycles. The molecule has 0 nitrogen and oxygen atoms in total. The van der Waals surface area contributed by atoms with Gasteiger partial charge in [0.05, 0.1) is 0 Å². The maximum Gasteiger partial charge on any atom is 0.128 e. The molecule has 0 saturated carbocycles. The highest BCUT2D eigenvalue weighted by Crippen LogP contribution is 2.32. The zero-order chi connectivity index (χ0) is 24.5. The van der Waals surface area contributed by atoms with Gasteiger partial charge in [-0.2, -0.15) is 0 Å². The van der Waals surface area contributed by atoms with Crippen molar-refractivity contribution in [1.29, 1.82) is 0 Å². The summed E-state index contributed by atoms with van der Waals surface area (Å²) < 4.78 is 0. The number of allylic oxidation sites excluding steroid dienone is 1. The Hall–Kier alpha value is -3.34. The van der Waals surface area contributed by atoms with Gasteiger partial charge in [0, 0.05) is 5.56 Å². The van der Waals surface area contributed by atoms with Crippen LogP contribution in [0.25, 0.3) is 49.2 Å². The summed E-state index contributed by atoms with van der Waals surface area (Å²) in [4.78, 5) is 0. The fourth-order valence-electron chi connectivity index (χ4n) is 5.32. The molecule has 0 fully saturated rings. The van der Waals surface area contributed by atoms with Crippen LogP contribution in [-0.4, -0.2) is 8.80 Å². The topological polar surface area (TPSA) is 0 Å². The summed E-state index contributed by atoms with van der Waals surface area (Å²) in [6, 6.07) is 27.2. The van der Waals surface area contributed by atoms with Gasteiger partial charge in [0.2, 0.25) is 0 Å². The molecule has 0 spiro atoms. The van der Waals surface area contributed by atoms with Crippen molar-refractivity contribution in [2.75, 3.05) is 0 Å². The number of fused-ring (bicyclic) bond motifs is 4. The Morgan fingerprint density at radius 2 is 1.23 bits per heavy atom. The summed E-state index contributed by atoms with van der Waals surface area (Å²) in [5.74, 6) is 3.71. The minimum Gasteiger partial charge on any atom is -0.129 e. The molecule has 5 rings (SSSR count). The van der Waals surface area contributed by atoms with Crippen LogP contribution in [0.4, 0.5) is 0 Å². The highest BCUT2D eigenvalue weighted by molar-refractivity contribution is 6.70. The Bertz CT molecular complexity index is 1630. The van der Waals surface area contributed by atoms with Gasteiger partial charge in [-0.15, -0.1) is 5.54 Å². The van der Waals surface area contributed by atoms with Crippen molar-refractivity contribution >= 4 is 58.0 Å². The van der Waals surface area contributed by atoms with E-state index in [1.165, 1.54) is 54.2 Å². The molecule has 0 aliphatic rings. The first kappa shape index (κ1) is 23.4. The molecule has 174 valence electrons. The second kappa shape index (κ2) is 9.72. The predicted molar refractivity (Wildman–Crippen MR) is 160 cm³/mol. The maximum atomic E-state index is 3.80. The van der Waals surface area contributed by atoms with E-state index in [2.05, 4.69) is 131 Å². The Kier molecular flexibility index (Phi) is 6.50. The molecule has 0 amide bonds. The molecule has 0 unspecified atom stereocenters. The number of rotatable bonds is 4. The molecule has 1 heteroatoms. The van der Waals surface area contributed by atoms with Crippen LogP contribution in [0.1, 0.15) is 52.2 Å². The van der Waals surface area contributed by atoms with E-state index in [1.54, 1.807) is 0 Å². The first-order valence-electron chi connectivity index (χ1n) is 13.0. The Morgan fingerprint density at radius 3 is 1.80 bits per heavy atom. The summed E-state index contributed by atoms with van der Waals surface area (Å²) in [7, 11) is -1.17. The summed E-state index contributed by atoms with van der Waals surface area (Å²) in [6.45, 7) is 11.6. The van der Waals surface area contributed by atoms with Crippen LogP contribution in [-0.2, 0) is 0 Å². The van der Waals surface area contributed by atoms with Crippen LogP contribution in [0.5, 0.6) is 0 Å². The SMILES string of the molecule is CCC=Cc1ccc2cc3cc4cc5ccccc5cc4cc3cc2c1C#C[SiH](C(C)C)C(C)C. The van der Waals surface area contributed by atoms with Crippen LogP contribution in [0.2, 0.25) is 11.1 Å². The molecule has 0 N–H and O–H groups in total. The van der Waals surface area contributed by atoms with Gasteiger partial charge in [-0.05, 0) is 103 Å². The molecule has 5 aromatic rings. The highest BCUT2D eigenvalue weighted by atomic mass is 28.3. The molecule has 0 saturated heterocycles. The van der Waals surface area contributed by atoms with Crippen LogP contribution in [0, 0.1) is 11.5 Å². The predicted octanol–water partition coefficient (Wildman–Crippen LogP) is 9.66. The number of hydrogen-bond acceptors (Lipinski definition) is 0. The van der Waals surface area contributed by atoms with Gasteiger partial charge in [-0.3, -0.25) is 0 Å². The van der Waals surface area contributed by atoms with Crippen molar-refractivity contribution in [2.45, 2.75) is 52.1 Å². The van der Waals surface area contributed by atoms with Gasteiger partial charge >= 0.3 is 0 Å². The first-order chi connectivity index (χ1) is 16.9. The van der Waals surface area contributed by atoms with Crippen LogP contribution in [0.15, 0.2) is 78.9 Å². The second-order valence-electron chi connectivity index (χ2n) is 10.4. The van der Waals surface area contributed by atoms with Gasteiger partial charge in [-0.1, -0.05) is 89.1 Å². The fourth-order valence-corrected chi connectivity index (χ4v) is 7.83. The summed E-state index contributed by atoms with van der Waals surface area (Å²) in [5.41, 5.74) is 7.57. The van der Waals surface area contributed by atoms with Gasteiger partial charge in [0.1, 0.15) is 8.80 Å². The van der Waals surface area contributed by atoms with Crippen molar-refractivity contribution in [3.05, 3.63) is 90.0 Å². The van der Waals surface area contributed by atoms with Crippen molar-refractivity contribution < 1.29 is 0 Å². The Labute approximate surface area is 211 Å². The molecule has 0 aliphatic heterocycles. The molecule has 0 aliphatic carbocycles. The van der Waals surface area contributed by atoms with E-state index in [1.807, 2.05) is 0 Å². The molecule has 35 heavy (non-hydrogen) atoms. The van der Waals surface area contributed by atoms with Gasteiger partial charge in [0.15, 0.2) is 0 Å². The summed E-state index contributed by atoms with van der Waals surface area (Å²) >= 11 is 0. The normalized spacial score (nSPS) is 12.1. The first-order valence-corrected chi connectivity index (χ1v) is 14.9. The third-order valence-electron chi connectivity index (χ3n) is 7.16. The van der Waals surface area contributed by atoms with Gasteiger partial charge < -0.3 is 0 Å². The van der Waals surface area contributed by atoms with Gasteiger partial charge in [-0.25, -0.2) is 0 Å². The lowest BCUT2D eigenvalue weighted by Gasteiger charge is -2.16. The summed E-state index contributed by atoms with van der Waals surface area (Å²) in [6.07, 6.45) is 5.52. The second-order valence-corrected chi connectivity index (χ2v) is 14.4. The standard InChI is InChI=1S/C34H34Si/c1-6-7-10-25-13-14-28-19-31-20-29-17-26-11-8-9-12-27(26)18-30(29)21-32(31)22-34(28)33(25)15-16-35(23(2)3)24(4)5/h7-14,17-24,35H,6H2,1-5H3. The van der Waals surface area contributed by atoms with Crippen molar-refractivity contribution in [3.63, 3.8) is 0 Å². The molecule has 0 radical (unpaired) electrons. The van der Waals surface area contributed by atoms with E-state index < -0.39 is 8.80 Å². The largest absolute Gasteiger partial charge is 0.129 e. The van der Waals surface area contributed by atoms with Crippen molar-refractivity contribution in [3.8, 4) is 11.5 Å². The average Bonchev–Trinajstić information content (AvgIpc) is 2.84. The molecule has 0 atom stereocenters. The molecular formula is C34H34Si. The molecule has 0 bridgehead atoms. The van der Waals surface area contributed by atoms with Crippen molar-refractivity contribution in [1.82, 2.24) is 0 Å². The van der Waals surface area contributed by atoms with E-state index in [4.69, 9.17) is 0 Å². The lowest BCUT2D eigenvalue weighted by molar-refractivity contribution is 0.954. The number of benzene rings is 5. The van der Waals surface area contributed by atoms with E-state index >= 15 is 0 Å². The molecular weight excluding hydrogens is 436 g/mol. The van der Waals surface area contributed by atoms with E-state index in [0.717, 1.165) is 6.42 Å². The average molecular weight is 471 g/mol. The smallest absolute Gasteiger partial charge is 0.128 e. The Balaban J connectivity index is 1.76. The fraction of sp³-hybridized carbons (Fsp3) is 0.235. The van der Waals surface area contributed by atoms with Gasteiger partial charge in [0.25, 0.3) is 0 Å². The van der Waals surface area contributed by atoms with Crippen molar-refractivity contribution in [2.24, 2.45) is 0 Å². The zero-order valence-electron chi connectivity index (χ0n) is 21.5. The van der Waals surface area contributed by atoms with E-state index in [-0.39, 0.29) is 0 Å². The highest BCUT2D eigenvalue weighted by Gasteiger charge is 2.17. The lowest BCUT2D eigenvalue weighted by atomic mass is 9.94. The zero-order valence-corrected chi connectivity index (χ0v) is 22.7. The van der Waals surface area contributed by atoms with Crippen LogP contribution in [0.3, 0.4) is 0 Å². The van der Waals surface area contributed by atoms with Crippen LogP contribution < -0.4 is 0 Å². The molecule has 0 aromatic heterocycles. The monoisotopic (exact) mass is 470 g/mol. The third kappa shape index (κ3) is 4.64. The molecule has 0 heterocycles. The lowest BCUT2D eigenvalue weighted by Crippen LogP contribution is -2.18. The quantitative estimate of drug-likeness (QED) is 0.139. The summed E-state index contributed by atoms with van der Waals surface area (Å²) in [5, 5.41) is 10.3. The van der Waals surface area contributed by atoms with Crippen LogP contribution >= 0.6 is 0 Å². The number of hydrogen-bond donors (Lipinski definition) is 0. The third-order valence-corrected chi connectivity index (χ3v) is 10.5. The minimum absolute atomic E-state index is 0.675. The minimum atomic E-state index is -1.17. The van der Waals surface area contributed by atoms with E-state index in [0.29, 0.717) is 11.1 Å². The van der Waals surface area contributed by atoms with E-state index in [9.17, 15) is 0 Å². The maximum absolute atomic E-state index is 3.80.